The van der Waals surface area contributed by atoms with Crippen LogP contribution in [0, 0.1) is 6.92 Å². The Morgan fingerprint density at radius 3 is 2.81 bits per heavy atom. The zero-order valence-electron chi connectivity index (χ0n) is 8.62. The molecule has 0 aliphatic carbocycles. The van der Waals surface area contributed by atoms with Crippen LogP contribution in [0.2, 0.25) is 0 Å². The normalized spacial score (nSPS) is 10.6. The van der Waals surface area contributed by atoms with Crippen LogP contribution in [0.4, 0.5) is 0 Å². The molecule has 3 nitrogen and oxygen atoms in total. The minimum absolute atomic E-state index is 0.0265. The summed E-state index contributed by atoms with van der Waals surface area (Å²) in [6.45, 7) is 1.86. The predicted octanol–water partition coefficient (Wildman–Crippen LogP) is 2.65. The van der Waals surface area contributed by atoms with E-state index >= 15 is 0 Å². The summed E-state index contributed by atoms with van der Waals surface area (Å²) in [6, 6.07) is 3.56. The quantitative estimate of drug-likeness (QED) is 0.595. The molecular weight excluding hydrogens is 228 g/mol. The van der Waals surface area contributed by atoms with E-state index in [4.69, 9.17) is 16.0 Å². The average Bonchev–Trinajstić information content (AvgIpc) is 2.29. The van der Waals surface area contributed by atoms with Crippen molar-refractivity contribution in [3.8, 4) is 0 Å². The van der Waals surface area contributed by atoms with Gasteiger partial charge < -0.3 is 4.42 Å². The number of carbonyl (C=O) groups is 1. The third-order valence-corrected chi connectivity index (χ3v) is 2.68. The number of benzene rings is 1. The van der Waals surface area contributed by atoms with Gasteiger partial charge in [0.15, 0.2) is 6.29 Å². The molecule has 82 valence electrons. The van der Waals surface area contributed by atoms with Gasteiger partial charge in [0.05, 0.1) is 16.8 Å². The van der Waals surface area contributed by atoms with Crippen molar-refractivity contribution >= 4 is 28.9 Å². The molecule has 2 rings (SSSR count). The van der Waals surface area contributed by atoms with E-state index in [9.17, 15) is 9.59 Å². The molecule has 0 radical (unpaired) electrons. The summed E-state index contributed by atoms with van der Waals surface area (Å²) in [5, 5.41) is 0.403. The molecule has 1 aromatic carbocycles. The molecule has 0 unspecified atom stereocenters. The SMILES string of the molecule is Cc1cc(CCl)c2occ(C=O)c(=O)c2c1. The number of hydrogen-bond donors (Lipinski definition) is 0. The van der Waals surface area contributed by atoms with Crippen molar-refractivity contribution < 1.29 is 9.21 Å². The number of carbonyl (C=O) groups excluding carboxylic acids is 1. The van der Waals surface area contributed by atoms with E-state index in [0.717, 1.165) is 11.1 Å². The van der Waals surface area contributed by atoms with Crippen molar-refractivity contribution in [3.63, 3.8) is 0 Å². The molecule has 0 aliphatic heterocycles. The lowest BCUT2D eigenvalue weighted by Crippen LogP contribution is -2.08. The fraction of sp³-hybridized carbons (Fsp3) is 0.167. The second kappa shape index (κ2) is 4.10. The summed E-state index contributed by atoms with van der Waals surface area (Å²) < 4.78 is 5.28. The lowest BCUT2D eigenvalue weighted by molar-refractivity contribution is 0.112. The Labute approximate surface area is 96.6 Å². The summed E-state index contributed by atoms with van der Waals surface area (Å²) in [4.78, 5) is 22.5. The Kier molecular flexibility index (Phi) is 2.79. The molecule has 0 spiro atoms. The van der Waals surface area contributed by atoms with Gasteiger partial charge in [-0.25, -0.2) is 0 Å². The minimum atomic E-state index is -0.314. The molecule has 1 aromatic heterocycles. The first-order valence-corrected chi connectivity index (χ1v) is 5.27. The standard InChI is InChI=1S/C12H9ClO3/c1-7-2-8(4-13)12-10(3-7)11(15)9(5-14)6-16-12/h2-3,5-6H,4H2,1H3. The van der Waals surface area contributed by atoms with Crippen LogP contribution in [0.5, 0.6) is 0 Å². The lowest BCUT2D eigenvalue weighted by Gasteiger charge is -2.04. The molecule has 1 heterocycles. The topological polar surface area (TPSA) is 47.3 Å². The summed E-state index contributed by atoms with van der Waals surface area (Å²) >= 11 is 5.77. The molecule has 0 aliphatic rings. The lowest BCUT2D eigenvalue weighted by atomic mass is 10.1. The Bertz CT molecular complexity index is 613. The van der Waals surface area contributed by atoms with Crippen molar-refractivity contribution in [1.82, 2.24) is 0 Å². The van der Waals surface area contributed by atoms with E-state index in [1.165, 1.54) is 6.26 Å². The summed E-state index contributed by atoms with van der Waals surface area (Å²) in [5.74, 6) is 0.265. The fourth-order valence-electron chi connectivity index (χ4n) is 1.67. The molecule has 0 amide bonds. The maximum atomic E-state index is 11.8. The van der Waals surface area contributed by atoms with E-state index in [1.807, 2.05) is 13.0 Å². The van der Waals surface area contributed by atoms with Crippen molar-refractivity contribution in [3.05, 3.63) is 45.3 Å². The number of alkyl halides is 1. The molecule has 0 bridgehead atoms. The van der Waals surface area contributed by atoms with Gasteiger partial charge >= 0.3 is 0 Å². The summed E-state index contributed by atoms with van der Waals surface area (Å²) in [6.07, 6.45) is 1.66. The Morgan fingerprint density at radius 1 is 1.44 bits per heavy atom. The first kappa shape index (κ1) is 10.9. The van der Waals surface area contributed by atoms with Crippen LogP contribution in [0.3, 0.4) is 0 Å². The van der Waals surface area contributed by atoms with Gasteiger partial charge in [-0.05, 0) is 18.6 Å². The highest BCUT2D eigenvalue weighted by molar-refractivity contribution is 6.17. The molecular formula is C12H9ClO3. The Morgan fingerprint density at radius 2 is 2.19 bits per heavy atom. The molecule has 0 saturated heterocycles. The molecule has 0 atom stereocenters. The number of hydrogen-bond acceptors (Lipinski definition) is 3. The maximum Gasteiger partial charge on any atom is 0.203 e. The van der Waals surface area contributed by atoms with Gasteiger partial charge in [-0.3, -0.25) is 9.59 Å². The zero-order valence-corrected chi connectivity index (χ0v) is 9.38. The third-order valence-electron chi connectivity index (χ3n) is 2.39. The highest BCUT2D eigenvalue weighted by Gasteiger charge is 2.10. The maximum absolute atomic E-state index is 11.8. The van der Waals surface area contributed by atoms with Gasteiger partial charge in [-0.15, -0.1) is 11.6 Å². The summed E-state index contributed by atoms with van der Waals surface area (Å²) in [5.41, 5.74) is 1.84. The smallest absolute Gasteiger partial charge is 0.203 e. The zero-order chi connectivity index (χ0) is 11.7. The number of fused-ring (bicyclic) bond motifs is 1. The van der Waals surface area contributed by atoms with Gasteiger partial charge in [0, 0.05) is 5.56 Å². The van der Waals surface area contributed by atoms with Gasteiger partial charge in [-0.1, -0.05) is 6.07 Å². The second-order valence-corrected chi connectivity index (χ2v) is 3.84. The third kappa shape index (κ3) is 1.63. The Balaban J connectivity index is 2.94. The fourth-order valence-corrected chi connectivity index (χ4v) is 1.87. The first-order valence-electron chi connectivity index (χ1n) is 4.73. The van der Waals surface area contributed by atoms with Crippen molar-refractivity contribution in [2.24, 2.45) is 0 Å². The number of aryl methyl sites for hydroxylation is 1. The monoisotopic (exact) mass is 236 g/mol. The molecule has 2 aromatic rings. The minimum Gasteiger partial charge on any atom is -0.463 e. The van der Waals surface area contributed by atoms with Crippen molar-refractivity contribution in [2.45, 2.75) is 12.8 Å². The van der Waals surface area contributed by atoms with E-state index in [2.05, 4.69) is 0 Å². The van der Waals surface area contributed by atoms with E-state index in [1.54, 1.807) is 6.07 Å². The largest absolute Gasteiger partial charge is 0.463 e. The number of rotatable bonds is 2. The van der Waals surface area contributed by atoms with Crippen molar-refractivity contribution in [1.29, 1.82) is 0 Å². The van der Waals surface area contributed by atoms with Gasteiger partial charge in [0.25, 0.3) is 0 Å². The molecule has 0 saturated carbocycles. The molecule has 0 N–H and O–H groups in total. The van der Waals surface area contributed by atoms with E-state index in [-0.39, 0.29) is 16.9 Å². The van der Waals surface area contributed by atoms with Crippen LogP contribution in [0.25, 0.3) is 11.0 Å². The van der Waals surface area contributed by atoms with Crippen LogP contribution in [0.15, 0.2) is 27.6 Å². The predicted molar refractivity (Wildman–Crippen MR) is 62.2 cm³/mol. The van der Waals surface area contributed by atoms with Gasteiger partial charge in [0.1, 0.15) is 11.8 Å². The number of aldehydes is 1. The van der Waals surface area contributed by atoms with Crippen molar-refractivity contribution in [2.75, 3.05) is 0 Å². The average molecular weight is 237 g/mol. The number of halogens is 1. The highest BCUT2D eigenvalue weighted by atomic mass is 35.5. The van der Waals surface area contributed by atoms with Crippen LogP contribution in [0.1, 0.15) is 21.5 Å². The molecule has 16 heavy (non-hydrogen) atoms. The van der Waals surface area contributed by atoms with Gasteiger partial charge in [0.2, 0.25) is 5.43 Å². The second-order valence-electron chi connectivity index (χ2n) is 3.57. The van der Waals surface area contributed by atoms with Crippen LogP contribution in [-0.4, -0.2) is 6.29 Å². The summed E-state index contributed by atoms with van der Waals surface area (Å²) in [7, 11) is 0. The molecule has 0 fully saturated rings. The van der Waals surface area contributed by atoms with Crippen LogP contribution >= 0.6 is 11.6 Å². The van der Waals surface area contributed by atoms with E-state index in [0.29, 0.717) is 17.3 Å². The molecule has 4 heteroatoms. The van der Waals surface area contributed by atoms with E-state index < -0.39 is 0 Å². The Hall–Kier alpha value is -1.61. The van der Waals surface area contributed by atoms with Crippen LogP contribution in [-0.2, 0) is 5.88 Å². The van der Waals surface area contributed by atoms with Gasteiger partial charge in [-0.2, -0.15) is 0 Å². The highest BCUT2D eigenvalue weighted by Crippen LogP contribution is 2.20. The first-order chi connectivity index (χ1) is 7.67. The van der Waals surface area contributed by atoms with Crippen LogP contribution < -0.4 is 5.43 Å².